The average molecular weight is 312 g/mol. The summed E-state index contributed by atoms with van der Waals surface area (Å²) in [4.78, 5) is 14.2. The summed E-state index contributed by atoms with van der Waals surface area (Å²) in [5.74, 6) is 0.129. The minimum absolute atomic E-state index is 0.129. The second-order valence-corrected chi connectivity index (χ2v) is 5.42. The smallest absolute Gasteiger partial charge is 0.255 e. The number of benzene rings is 1. The number of carbonyl (C=O) groups excluding carboxylic acids is 1. The maximum absolute atomic E-state index is 12.4. The maximum Gasteiger partial charge on any atom is 0.255 e. The van der Waals surface area contributed by atoms with Gasteiger partial charge < -0.3 is 4.90 Å². The van der Waals surface area contributed by atoms with Gasteiger partial charge in [-0.15, -0.1) is 11.3 Å². The summed E-state index contributed by atoms with van der Waals surface area (Å²) in [6.45, 7) is 3.50. The van der Waals surface area contributed by atoms with Crippen LogP contribution in [0.3, 0.4) is 0 Å². The molecule has 0 aliphatic rings. The molecule has 17 heavy (non-hydrogen) atoms. The first-order valence-corrected chi connectivity index (χ1v) is 7.59. The molecule has 1 aromatic carbocycles. The van der Waals surface area contributed by atoms with Crippen molar-refractivity contribution < 1.29 is 4.79 Å². The molecule has 0 spiro atoms. The van der Waals surface area contributed by atoms with Crippen molar-refractivity contribution in [2.24, 2.45) is 0 Å². The van der Waals surface area contributed by atoms with Crippen molar-refractivity contribution >= 4 is 43.3 Å². The van der Waals surface area contributed by atoms with E-state index in [4.69, 9.17) is 0 Å². The summed E-state index contributed by atoms with van der Waals surface area (Å²) in [7, 11) is 0. The molecule has 0 radical (unpaired) electrons. The van der Waals surface area contributed by atoms with Gasteiger partial charge in [0.15, 0.2) is 0 Å². The topological polar surface area (TPSA) is 20.3 Å². The zero-order valence-corrected chi connectivity index (χ0v) is 12.1. The predicted octanol–water partition coefficient (Wildman–Crippen LogP) is 3.76. The van der Waals surface area contributed by atoms with Crippen LogP contribution in [0, 0.1) is 0 Å². The molecule has 1 aromatic heterocycles. The quantitative estimate of drug-likeness (QED) is 0.787. The zero-order valence-electron chi connectivity index (χ0n) is 9.65. The van der Waals surface area contributed by atoms with E-state index >= 15 is 0 Å². The molecule has 0 saturated heterocycles. The van der Waals surface area contributed by atoms with Gasteiger partial charge in [-0.25, -0.2) is 0 Å². The minimum atomic E-state index is 0.129. The lowest BCUT2D eigenvalue weighted by molar-refractivity contribution is 0.0777. The Morgan fingerprint density at radius 2 is 2.18 bits per heavy atom. The summed E-state index contributed by atoms with van der Waals surface area (Å²) in [5.41, 5.74) is 0.827. The number of carbonyl (C=O) groups is 1. The van der Waals surface area contributed by atoms with Gasteiger partial charge in [-0.3, -0.25) is 4.79 Å². The fourth-order valence-corrected chi connectivity index (χ4v) is 3.18. The minimum Gasteiger partial charge on any atom is -0.338 e. The van der Waals surface area contributed by atoms with Crippen LogP contribution in [-0.4, -0.2) is 29.2 Å². The van der Waals surface area contributed by atoms with Crippen LogP contribution in [0.15, 0.2) is 29.6 Å². The molecule has 0 atom stereocenters. The number of thiophene rings is 1. The highest BCUT2D eigenvalue weighted by Crippen LogP contribution is 2.26. The lowest BCUT2D eigenvalue weighted by Crippen LogP contribution is -2.32. The van der Waals surface area contributed by atoms with Crippen molar-refractivity contribution in [2.45, 2.75) is 6.92 Å². The molecule has 90 valence electrons. The highest BCUT2D eigenvalue weighted by Gasteiger charge is 2.17. The van der Waals surface area contributed by atoms with Gasteiger partial charge in [-0.05, 0) is 13.0 Å². The van der Waals surface area contributed by atoms with Crippen molar-refractivity contribution in [1.82, 2.24) is 4.90 Å². The summed E-state index contributed by atoms with van der Waals surface area (Å²) in [6, 6.07) is 8.05. The van der Waals surface area contributed by atoms with Gasteiger partial charge in [-0.2, -0.15) is 0 Å². The Hall–Kier alpha value is -0.870. The molecule has 0 aliphatic heterocycles. The van der Waals surface area contributed by atoms with Crippen LogP contribution in [0.5, 0.6) is 0 Å². The number of nitrogens with zero attached hydrogens (tertiary/aromatic N) is 1. The van der Waals surface area contributed by atoms with E-state index in [2.05, 4.69) is 22.0 Å². The lowest BCUT2D eigenvalue weighted by atomic mass is 10.1. The van der Waals surface area contributed by atoms with Crippen molar-refractivity contribution in [2.75, 3.05) is 18.4 Å². The van der Waals surface area contributed by atoms with E-state index in [1.54, 1.807) is 11.3 Å². The normalized spacial score (nSPS) is 10.7. The SMILES string of the molecule is CCN(CCBr)C(=O)c1csc2ccccc12. The Balaban J connectivity index is 2.36. The Kier molecular flexibility index (Phi) is 4.18. The molecule has 0 aliphatic carbocycles. The molecule has 0 saturated carbocycles. The van der Waals surface area contributed by atoms with E-state index in [0.29, 0.717) is 0 Å². The van der Waals surface area contributed by atoms with Crippen LogP contribution in [-0.2, 0) is 0 Å². The van der Waals surface area contributed by atoms with E-state index in [1.807, 2.05) is 35.4 Å². The standard InChI is InChI=1S/C13H14BrNOS/c1-2-15(8-7-14)13(16)11-9-17-12-6-4-3-5-10(11)12/h3-6,9H,2,7-8H2,1H3. The van der Waals surface area contributed by atoms with Gasteiger partial charge in [-0.1, -0.05) is 34.1 Å². The summed E-state index contributed by atoms with van der Waals surface area (Å²) in [6.07, 6.45) is 0. The molecule has 0 N–H and O–H groups in total. The molecule has 1 heterocycles. The molecular formula is C13H14BrNOS. The van der Waals surface area contributed by atoms with Gasteiger partial charge in [0.2, 0.25) is 0 Å². The Bertz CT molecular complexity index is 523. The molecule has 0 bridgehead atoms. The molecule has 2 aromatic rings. The highest BCUT2D eigenvalue weighted by atomic mass is 79.9. The highest BCUT2D eigenvalue weighted by molar-refractivity contribution is 9.09. The van der Waals surface area contributed by atoms with E-state index < -0.39 is 0 Å². The van der Waals surface area contributed by atoms with Crippen LogP contribution >= 0.6 is 27.3 Å². The molecular weight excluding hydrogens is 298 g/mol. The van der Waals surface area contributed by atoms with Crippen LogP contribution < -0.4 is 0 Å². The summed E-state index contributed by atoms with van der Waals surface area (Å²) < 4.78 is 1.17. The van der Waals surface area contributed by atoms with Crippen molar-refractivity contribution in [3.05, 3.63) is 35.2 Å². The average Bonchev–Trinajstić information content (AvgIpc) is 2.79. The third-order valence-electron chi connectivity index (χ3n) is 2.73. The van der Waals surface area contributed by atoms with E-state index in [0.717, 1.165) is 29.4 Å². The number of amides is 1. The van der Waals surface area contributed by atoms with Crippen LogP contribution in [0.4, 0.5) is 0 Å². The van der Waals surface area contributed by atoms with E-state index in [-0.39, 0.29) is 5.91 Å². The predicted molar refractivity (Wildman–Crippen MR) is 77.2 cm³/mol. The monoisotopic (exact) mass is 311 g/mol. The fraction of sp³-hybridized carbons (Fsp3) is 0.308. The van der Waals surface area contributed by atoms with Crippen molar-refractivity contribution in [3.8, 4) is 0 Å². The van der Waals surface area contributed by atoms with E-state index in [1.165, 1.54) is 4.70 Å². The fourth-order valence-electron chi connectivity index (χ4n) is 1.82. The van der Waals surface area contributed by atoms with Gasteiger partial charge in [0.1, 0.15) is 0 Å². The largest absolute Gasteiger partial charge is 0.338 e. The molecule has 2 nitrogen and oxygen atoms in total. The first-order valence-electron chi connectivity index (χ1n) is 5.59. The first kappa shape index (κ1) is 12.6. The molecule has 2 rings (SSSR count). The number of alkyl halides is 1. The van der Waals surface area contributed by atoms with Gasteiger partial charge in [0.25, 0.3) is 5.91 Å². The van der Waals surface area contributed by atoms with Crippen LogP contribution in [0.1, 0.15) is 17.3 Å². The first-order chi connectivity index (χ1) is 8.27. The van der Waals surface area contributed by atoms with Crippen LogP contribution in [0.25, 0.3) is 10.1 Å². The number of hydrogen-bond donors (Lipinski definition) is 0. The molecule has 0 unspecified atom stereocenters. The van der Waals surface area contributed by atoms with Gasteiger partial charge >= 0.3 is 0 Å². The number of halogens is 1. The van der Waals surface area contributed by atoms with E-state index in [9.17, 15) is 4.79 Å². The third-order valence-corrected chi connectivity index (χ3v) is 4.05. The summed E-state index contributed by atoms with van der Waals surface area (Å²) >= 11 is 5.01. The number of fused-ring (bicyclic) bond motifs is 1. The second-order valence-electron chi connectivity index (χ2n) is 3.72. The Labute approximate surface area is 113 Å². The Morgan fingerprint density at radius 1 is 1.41 bits per heavy atom. The van der Waals surface area contributed by atoms with Crippen molar-refractivity contribution in [1.29, 1.82) is 0 Å². The zero-order chi connectivity index (χ0) is 12.3. The van der Waals surface area contributed by atoms with Gasteiger partial charge in [0.05, 0.1) is 5.56 Å². The number of rotatable bonds is 4. The Morgan fingerprint density at radius 3 is 2.88 bits per heavy atom. The maximum atomic E-state index is 12.4. The number of hydrogen-bond acceptors (Lipinski definition) is 2. The summed E-state index contributed by atoms with van der Waals surface area (Å²) in [5, 5.41) is 3.84. The third kappa shape index (κ3) is 2.53. The second kappa shape index (κ2) is 5.65. The molecule has 1 amide bonds. The van der Waals surface area contributed by atoms with Crippen molar-refractivity contribution in [3.63, 3.8) is 0 Å². The van der Waals surface area contributed by atoms with Gasteiger partial charge in [0, 0.05) is 33.9 Å². The molecule has 0 fully saturated rings. The van der Waals surface area contributed by atoms with Crippen LogP contribution in [0.2, 0.25) is 0 Å². The lowest BCUT2D eigenvalue weighted by Gasteiger charge is -2.19. The molecule has 4 heteroatoms.